The molecule has 0 aromatic carbocycles. The molecule has 572 valence electrons. The second-order valence-electron chi connectivity index (χ2n) is 28.9. The fourth-order valence-electron chi connectivity index (χ4n) is 13.8. The van der Waals surface area contributed by atoms with E-state index in [1.807, 2.05) is 6.08 Å². The normalized spacial score (nSPS) is 27.0. The Morgan fingerprint density at radius 3 is 1.03 bits per heavy atom. The number of rotatable bonds is 64. The zero-order chi connectivity index (χ0) is 70.4. The minimum atomic E-state index is -1.98. The number of aliphatic hydroxyl groups is 11. The maximum atomic E-state index is 13.5. The molecule has 0 bridgehead atoms. The van der Waals surface area contributed by atoms with Gasteiger partial charge in [-0.3, -0.25) is 4.79 Å². The van der Waals surface area contributed by atoms with Crippen molar-refractivity contribution >= 4 is 5.91 Å². The van der Waals surface area contributed by atoms with Gasteiger partial charge in [-0.15, -0.1) is 0 Å². The molecule has 19 nitrogen and oxygen atoms in total. The Kier molecular flexibility index (Phi) is 55.0. The summed E-state index contributed by atoms with van der Waals surface area (Å²) in [6.45, 7) is 1.77. The first-order valence-corrected chi connectivity index (χ1v) is 40.1. The summed E-state index contributed by atoms with van der Waals surface area (Å²) in [4.78, 5) is 13.5. The van der Waals surface area contributed by atoms with Gasteiger partial charge in [-0.05, 0) is 32.1 Å². The van der Waals surface area contributed by atoms with E-state index in [0.29, 0.717) is 12.8 Å². The van der Waals surface area contributed by atoms with Crippen molar-refractivity contribution in [3.8, 4) is 0 Å². The monoisotopic (exact) mass is 1390 g/mol. The molecule has 3 rings (SSSR count). The molecule has 0 aromatic heterocycles. The number of ether oxygens (including phenoxy) is 6. The molecule has 3 saturated heterocycles. The zero-order valence-electron chi connectivity index (χ0n) is 61.1. The summed E-state index contributed by atoms with van der Waals surface area (Å²) in [5, 5.41) is 121. The lowest BCUT2D eigenvalue weighted by Crippen LogP contribution is -2.66. The second kappa shape index (κ2) is 59.6. The molecule has 3 aliphatic heterocycles. The Morgan fingerprint density at radius 1 is 0.361 bits per heavy atom. The van der Waals surface area contributed by atoms with Crippen molar-refractivity contribution in [3.63, 3.8) is 0 Å². The largest absolute Gasteiger partial charge is 0.394 e. The van der Waals surface area contributed by atoms with Crippen LogP contribution in [0.3, 0.4) is 0 Å². The number of amides is 1. The number of hydrogen-bond acceptors (Lipinski definition) is 18. The zero-order valence-corrected chi connectivity index (χ0v) is 61.1. The lowest BCUT2D eigenvalue weighted by Gasteiger charge is -2.48. The van der Waals surface area contributed by atoms with Crippen LogP contribution in [0, 0.1) is 0 Å². The molecule has 0 radical (unpaired) electrons. The van der Waals surface area contributed by atoms with Crippen molar-refractivity contribution in [2.24, 2.45) is 0 Å². The van der Waals surface area contributed by atoms with Gasteiger partial charge in [0.15, 0.2) is 18.9 Å². The van der Waals surface area contributed by atoms with E-state index < -0.39 is 124 Å². The van der Waals surface area contributed by atoms with Crippen LogP contribution in [0.15, 0.2) is 24.3 Å². The standard InChI is InChI=1S/C78H147NO18/c1-3-5-7-9-11-13-15-17-19-21-23-25-26-27-28-29-30-31-32-33-34-36-38-40-42-44-46-48-50-52-54-56-66(84)79-61(62(83)55-53-51-49-47-45-43-41-39-37-35-24-22-20-18-16-14-12-10-8-6-4-2)60-92-76-72(90)69(87)74(64(58-81)94-76)97-78-73(91)70(88)75(65(59-82)95-78)96-77-71(89)68(86)67(85)63(57-80)93-77/h45,47,53,55,61-65,67-78,80-83,85-91H,3-44,46,48-52,54,56-60H2,1-2H3,(H,79,84)/b47-45+,55-53+. The van der Waals surface area contributed by atoms with Gasteiger partial charge in [-0.2, -0.15) is 0 Å². The summed E-state index contributed by atoms with van der Waals surface area (Å²) < 4.78 is 34.4. The van der Waals surface area contributed by atoms with Gasteiger partial charge in [0, 0.05) is 6.42 Å². The fourth-order valence-corrected chi connectivity index (χ4v) is 13.8. The Bertz CT molecular complexity index is 1850. The van der Waals surface area contributed by atoms with Crippen LogP contribution in [0.2, 0.25) is 0 Å². The van der Waals surface area contributed by atoms with Crippen LogP contribution in [0.25, 0.3) is 0 Å². The molecule has 19 heteroatoms. The third-order valence-electron chi connectivity index (χ3n) is 20.3. The van der Waals surface area contributed by atoms with E-state index in [2.05, 4.69) is 31.3 Å². The van der Waals surface area contributed by atoms with Crippen LogP contribution in [-0.4, -0.2) is 193 Å². The molecule has 17 unspecified atom stereocenters. The Morgan fingerprint density at radius 2 is 0.660 bits per heavy atom. The molecule has 0 aliphatic carbocycles. The van der Waals surface area contributed by atoms with Gasteiger partial charge in [0.1, 0.15) is 73.2 Å². The third-order valence-corrected chi connectivity index (χ3v) is 20.3. The van der Waals surface area contributed by atoms with E-state index in [-0.39, 0.29) is 18.9 Å². The molecule has 97 heavy (non-hydrogen) atoms. The average molecular weight is 1390 g/mol. The first-order valence-electron chi connectivity index (χ1n) is 40.1. The number of allylic oxidation sites excluding steroid dienone is 3. The predicted molar refractivity (Wildman–Crippen MR) is 383 cm³/mol. The van der Waals surface area contributed by atoms with Crippen molar-refractivity contribution in [3.05, 3.63) is 24.3 Å². The first-order chi connectivity index (χ1) is 47.3. The molecule has 1 amide bonds. The summed E-state index contributed by atoms with van der Waals surface area (Å²) in [6.07, 6.45) is 44.6. The highest BCUT2D eigenvalue weighted by atomic mass is 16.8. The summed E-state index contributed by atoms with van der Waals surface area (Å²) in [6, 6.07) is -0.988. The summed E-state index contributed by atoms with van der Waals surface area (Å²) in [7, 11) is 0. The molecule has 3 aliphatic rings. The van der Waals surface area contributed by atoms with E-state index in [0.717, 1.165) is 38.5 Å². The lowest BCUT2D eigenvalue weighted by molar-refractivity contribution is -0.379. The van der Waals surface area contributed by atoms with Crippen LogP contribution in [0.1, 0.15) is 335 Å². The van der Waals surface area contributed by atoms with Crippen LogP contribution in [0.4, 0.5) is 0 Å². The second-order valence-corrected chi connectivity index (χ2v) is 28.9. The van der Waals surface area contributed by atoms with Crippen molar-refractivity contribution in [2.75, 3.05) is 26.4 Å². The van der Waals surface area contributed by atoms with E-state index in [1.165, 1.54) is 263 Å². The Balaban J connectivity index is 1.37. The maximum Gasteiger partial charge on any atom is 0.220 e. The highest BCUT2D eigenvalue weighted by Crippen LogP contribution is 2.33. The van der Waals surface area contributed by atoms with E-state index in [9.17, 15) is 61.0 Å². The quantitative estimate of drug-likeness (QED) is 0.0199. The molecule has 0 aromatic rings. The molecule has 3 heterocycles. The summed E-state index contributed by atoms with van der Waals surface area (Å²) in [5.41, 5.74) is 0. The van der Waals surface area contributed by atoms with E-state index >= 15 is 0 Å². The number of aliphatic hydroxyl groups excluding tert-OH is 11. The van der Waals surface area contributed by atoms with Gasteiger partial charge in [0.05, 0.1) is 38.6 Å². The maximum absolute atomic E-state index is 13.5. The third kappa shape index (κ3) is 40.2. The highest BCUT2D eigenvalue weighted by Gasteiger charge is 2.54. The average Bonchev–Trinajstić information content (AvgIpc) is 0.788. The molecular weight excluding hydrogens is 1240 g/mol. The molecule has 3 fully saturated rings. The predicted octanol–water partition coefficient (Wildman–Crippen LogP) is 13.0. The number of carbonyl (C=O) groups excluding carboxylic acids is 1. The van der Waals surface area contributed by atoms with Crippen LogP contribution in [0.5, 0.6) is 0 Å². The van der Waals surface area contributed by atoms with Crippen molar-refractivity contribution in [1.29, 1.82) is 0 Å². The lowest BCUT2D eigenvalue weighted by atomic mass is 9.96. The van der Waals surface area contributed by atoms with Crippen molar-refractivity contribution in [2.45, 2.75) is 439 Å². The van der Waals surface area contributed by atoms with E-state index in [1.54, 1.807) is 6.08 Å². The van der Waals surface area contributed by atoms with Gasteiger partial charge >= 0.3 is 0 Å². The Labute approximate surface area is 588 Å². The van der Waals surface area contributed by atoms with Crippen molar-refractivity contribution < 1.29 is 89.4 Å². The summed E-state index contributed by atoms with van der Waals surface area (Å²) in [5.74, 6) is -0.278. The SMILES string of the molecule is CCCCCCCCCCCCCCCCC/C=C/CC/C=C/C(O)C(COC1OC(CO)C(OC2OC(CO)C(OC3OC(CO)C(O)C(O)C3O)C(O)C2O)C(O)C1O)NC(=O)CCCCCCCCCCCCCCCCCCCCCCCCCCCCCCCCC. The van der Waals surface area contributed by atoms with Crippen molar-refractivity contribution in [1.82, 2.24) is 5.32 Å². The van der Waals surface area contributed by atoms with E-state index in [4.69, 9.17) is 28.4 Å². The molecule has 0 saturated carbocycles. The molecule has 0 spiro atoms. The number of carbonyl (C=O) groups is 1. The van der Waals surface area contributed by atoms with Gasteiger partial charge < -0.3 is 89.9 Å². The number of unbranched alkanes of at least 4 members (excludes halogenated alkanes) is 46. The summed E-state index contributed by atoms with van der Waals surface area (Å²) >= 11 is 0. The van der Waals surface area contributed by atoms with Crippen LogP contribution in [-0.2, 0) is 33.2 Å². The van der Waals surface area contributed by atoms with Crippen LogP contribution < -0.4 is 5.32 Å². The highest BCUT2D eigenvalue weighted by molar-refractivity contribution is 5.76. The molecule has 17 atom stereocenters. The Hall–Kier alpha value is -1.73. The number of nitrogens with one attached hydrogen (secondary N) is 1. The fraction of sp³-hybridized carbons (Fsp3) is 0.936. The molecule has 12 N–H and O–H groups in total. The minimum absolute atomic E-state index is 0.241. The van der Waals surface area contributed by atoms with Crippen LogP contribution >= 0.6 is 0 Å². The smallest absolute Gasteiger partial charge is 0.220 e. The van der Waals surface area contributed by atoms with Gasteiger partial charge in [-0.1, -0.05) is 321 Å². The van der Waals surface area contributed by atoms with Gasteiger partial charge in [0.2, 0.25) is 5.91 Å². The van der Waals surface area contributed by atoms with Gasteiger partial charge in [0.25, 0.3) is 0 Å². The topological polar surface area (TPSA) is 307 Å². The molecular formula is C78H147NO18. The van der Waals surface area contributed by atoms with Gasteiger partial charge in [-0.25, -0.2) is 0 Å². The number of hydrogen-bond donors (Lipinski definition) is 12. The first kappa shape index (κ1) is 89.5. The minimum Gasteiger partial charge on any atom is -0.394 e.